The van der Waals surface area contributed by atoms with Gasteiger partial charge in [0.15, 0.2) is 0 Å². The van der Waals surface area contributed by atoms with Crippen LogP contribution in [-0.2, 0) is 25.7 Å². The molecule has 0 aliphatic carbocycles. The minimum absolute atomic E-state index is 0. The van der Waals surface area contributed by atoms with E-state index in [1.54, 1.807) is 79.4 Å². The van der Waals surface area contributed by atoms with Crippen LogP contribution in [0.15, 0.2) is 54.6 Å². The van der Waals surface area contributed by atoms with E-state index in [0.717, 1.165) is 10.8 Å². The summed E-state index contributed by atoms with van der Waals surface area (Å²) in [7, 11) is 4.53. The SMILES string of the molecule is CNC(C)C(=O)N[C@H]1CN(C(=O)CCCN)c2ccccc2N(Cc2c(OC)ccc3cc(C(=O)OC)ccc23)C1=O.Cl. The van der Waals surface area contributed by atoms with Crippen molar-refractivity contribution in [2.45, 2.75) is 38.4 Å². The van der Waals surface area contributed by atoms with Gasteiger partial charge in [-0.05, 0) is 68.0 Å². The van der Waals surface area contributed by atoms with Crippen LogP contribution >= 0.6 is 12.4 Å². The standard InChI is InChI=1S/C31H37N5O6.ClH/c1-19(33-2)29(38)34-24-18-35(28(37)10-7-15-32)25-8-5-6-9-26(25)36(30(24)39)17-23-22-13-11-21(31(40)42-4)16-20(22)12-14-27(23)41-3;/h5-6,8-9,11-14,16,19,24,33H,7,10,15,17-18,32H2,1-4H3,(H,34,38);1H/t19?,24-;/m0./s1. The van der Waals surface area contributed by atoms with Crippen LogP contribution in [0.25, 0.3) is 10.8 Å². The van der Waals surface area contributed by atoms with Crippen LogP contribution < -0.4 is 30.9 Å². The molecule has 1 aliphatic heterocycles. The Morgan fingerprint density at radius 2 is 1.79 bits per heavy atom. The minimum Gasteiger partial charge on any atom is -0.496 e. The van der Waals surface area contributed by atoms with Crippen molar-refractivity contribution in [3.8, 4) is 5.75 Å². The highest BCUT2D eigenvalue weighted by molar-refractivity contribution is 6.08. The largest absolute Gasteiger partial charge is 0.496 e. The summed E-state index contributed by atoms with van der Waals surface area (Å²) in [4.78, 5) is 56.0. The molecule has 230 valence electrons. The van der Waals surface area contributed by atoms with E-state index in [0.29, 0.717) is 41.2 Å². The van der Waals surface area contributed by atoms with E-state index < -0.39 is 18.1 Å². The Labute approximate surface area is 257 Å². The molecule has 3 aromatic rings. The number of amides is 3. The number of esters is 1. The Kier molecular flexibility index (Phi) is 11.5. The van der Waals surface area contributed by atoms with E-state index in [9.17, 15) is 19.2 Å². The summed E-state index contributed by atoms with van der Waals surface area (Å²) in [5.74, 6) is -0.850. The fourth-order valence-corrected chi connectivity index (χ4v) is 5.04. The number of nitrogens with zero attached hydrogens (tertiary/aromatic N) is 2. The molecule has 4 N–H and O–H groups in total. The van der Waals surface area contributed by atoms with Gasteiger partial charge < -0.3 is 35.6 Å². The fourth-order valence-electron chi connectivity index (χ4n) is 5.04. The van der Waals surface area contributed by atoms with Crippen LogP contribution in [-0.4, -0.2) is 70.1 Å². The Morgan fingerprint density at radius 3 is 2.44 bits per heavy atom. The highest BCUT2D eigenvalue weighted by atomic mass is 35.5. The zero-order chi connectivity index (χ0) is 30.4. The summed E-state index contributed by atoms with van der Waals surface area (Å²) in [5, 5.41) is 7.27. The third-order valence-corrected chi connectivity index (χ3v) is 7.48. The molecule has 11 nitrogen and oxygen atoms in total. The first-order valence-electron chi connectivity index (χ1n) is 13.8. The number of fused-ring (bicyclic) bond motifs is 2. The number of halogens is 1. The van der Waals surface area contributed by atoms with Gasteiger partial charge in [0.2, 0.25) is 11.8 Å². The maximum atomic E-state index is 14.3. The van der Waals surface area contributed by atoms with Gasteiger partial charge in [0, 0.05) is 12.0 Å². The van der Waals surface area contributed by atoms with Gasteiger partial charge in [0.25, 0.3) is 5.91 Å². The Balaban J connectivity index is 0.00000506. The van der Waals surface area contributed by atoms with E-state index in [-0.39, 0.29) is 49.6 Å². The van der Waals surface area contributed by atoms with E-state index in [4.69, 9.17) is 15.2 Å². The van der Waals surface area contributed by atoms with Crippen LogP contribution in [0.1, 0.15) is 35.7 Å². The number of carbonyl (C=O) groups is 4. The Morgan fingerprint density at radius 1 is 1.07 bits per heavy atom. The van der Waals surface area contributed by atoms with Crippen LogP contribution in [0.2, 0.25) is 0 Å². The fraction of sp³-hybridized carbons (Fsp3) is 0.355. The molecular weight excluding hydrogens is 574 g/mol. The lowest BCUT2D eigenvalue weighted by molar-refractivity contribution is -0.128. The number of anilines is 2. The molecule has 3 aromatic carbocycles. The quantitative estimate of drug-likeness (QED) is 0.297. The number of ether oxygens (including phenoxy) is 2. The smallest absolute Gasteiger partial charge is 0.337 e. The number of methoxy groups -OCH3 is 2. The van der Waals surface area contributed by atoms with Gasteiger partial charge in [-0.25, -0.2) is 4.79 Å². The topological polar surface area (TPSA) is 143 Å². The molecule has 4 rings (SSSR count). The van der Waals surface area contributed by atoms with Crippen molar-refractivity contribution in [3.63, 3.8) is 0 Å². The zero-order valence-corrected chi connectivity index (χ0v) is 25.5. The van der Waals surface area contributed by atoms with Gasteiger partial charge in [-0.2, -0.15) is 0 Å². The van der Waals surface area contributed by atoms with Gasteiger partial charge in [-0.1, -0.05) is 24.3 Å². The van der Waals surface area contributed by atoms with Crippen molar-refractivity contribution in [2.24, 2.45) is 5.73 Å². The van der Waals surface area contributed by atoms with Crippen LogP contribution in [0.3, 0.4) is 0 Å². The molecule has 3 amide bonds. The molecule has 1 heterocycles. The number of nitrogens with two attached hydrogens (primary N) is 1. The summed E-state index contributed by atoms with van der Waals surface area (Å²) in [6.07, 6.45) is 0.691. The van der Waals surface area contributed by atoms with Crippen LogP contribution in [0.4, 0.5) is 11.4 Å². The maximum Gasteiger partial charge on any atom is 0.337 e. The number of carbonyl (C=O) groups excluding carboxylic acids is 4. The third kappa shape index (κ3) is 7.07. The van der Waals surface area contributed by atoms with Gasteiger partial charge in [-0.15, -0.1) is 12.4 Å². The van der Waals surface area contributed by atoms with Gasteiger partial charge in [0.1, 0.15) is 11.8 Å². The highest BCUT2D eigenvalue weighted by Crippen LogP contribution is 2.37. The van der Waals surface area contributed by atoms with E-state index in [1.807, 2.05) is 6.07 Å². The number of para-hydroxylation sites is 2. The molecule has 1 aliphatic rings. The first kappa shape index (κ1) is 33.3. The number of hydrogen-bond acceptors (Lipinski definition) is 8. The Hall–Kier alpha value is -4.19. The van der Waals surface area contributed by atoms with Gasteiger partial charge >= 0.3 is 5.97 Å². The number of likely N-dealkylation sites (N-methyl/N-ethyl adjacent to an activating group) is 1. The average molecular weight is 612 g/mol. The molecule has 12 heteroatoms. The Bertz CT molecular complexity index is 1500. The molecule has 0 saturated heterocycles. The molecule has 0 spiro atoms. The number of benzene rings is 3. The molecule has 0 bridgehead atoms. The van der Waals surface area contributed by atoms with Crippen molar-refractivity contribution in [2.75, 3.05) is 44.2 Å². The molecule has 0 saturated carbocycles. The molecule has 0 radical (unpaired) electrons. The van der Waals surface area contributed by atoms with Crippen molar-refractivity contribution >= 4 is 58.2 Å². The lowest BCUT2D eigenvalue weighted by Crippen LogP contribution is -2.55. The average Bonchev–Trinajstić information content (AvgIpc) is 3.13. The highest BCUT2D eigenvalue weighted by Gasteiger charge is 2.37. The van der Waals surface area contributed by atoms with Crippen molar-refractivity contribution in [1.82, 2.24) is 10.6 Å². The first-order chi connectivity index (χ1) is 20.2. The summed E-state index contributed by atoms with van der Waals surface area (Å²) in [6.45, 7) is 2.08. The second-order valence-corrected chi connectivity index (χ2v) is 10.1. The normalized spacial score (nSPS) is 15.2. The maximum absolute atomic E-state index is 14.3. The van der Waals surface area contributed by atoms with Gasteiger partial charge in [-0.3, -0.25) is 14.4 Å². The summed E-state index contributed by atoms with van der Waals surface area (Å²) in [6, 6.07) is 14.4. The third-order valence-electron chi connectivity index (χ3n) is 7.48. The lowest BCUT2D eigenvalue weighted by atomic mass is 10.00. The molecule has 2 atom stereocenters. The van der Waals surface area contributed by atoms with Crippen LogP contribution in [0.5, 0.6) is 5.75 Å². The number of rotatable bonds is 10. The molecule has 1 unspecified atom stereocenters. The van der Waals surface area contributed by atoms with E-state index in [1.165, 1.54) is 7.11 Å². The molecule has 0 aromatic heterocycles. The summed E-state index contributed by atoms with van der Waals surface area (Å²) in [5.41, 5.74) is 7.84. The minimum atomic E-state index is -1.02. The number of nitrogens with one attached hydrogen (secondary N) is 2. The monoisotopic (exact) mass is 611 g/mol. The molecule has 0 fully saturated rings. The predicted octanol–water partition coefficient (Wildman–Crippen LogP) is 2.77. The second-order valence-electron chi connectivity index (χ2n) is 10.1. The molecule has 43 heavy (non-hydrogen) atoms. The van der Waals surface area contributed by atoms with E-state index in [2.05, 4.69) is 10.6 Å². The summed E-state index contributed by atoms with van der Waals surface area (Å²) >= 11 is 0. The second kappa shape index (κ2) is 14.8. The lowest BCUT2D eigenvalue weighted by Gasteiger charge is -2.27. The number of hydrogen-bond donors (Lipinski definition) is 3. The molecular formula is C31H38ClN5O6. The van der Waals surface area contributed by atoms with Crippen molar-refractivity contribution in [3.05, 3.63) is 65.7 Å². The summed E-state index contributed by atoms with van der Waals surface area (Å²) < 4.78 is 10.6. The van der Waals surface area contributed by atoms with Crippen LogP contribution in [0, 0.1) is 0 Å². The zero-order valence-electron chi connectivity index (χ0n) is 24.7. The first-order valence-corrected chi connectivity index (χ1v) is 13.8. The van der Waals surface area contributed by atoms with Crippen molar-refractivity contribution < 1.29 is 28.7 Å². The van der Waals surface area contributed by atoms with Crippen molar-refractivity contribution in [1.29, 1.82) is 0 Å². The van der Waals surface area contributed by atoms with Gasteiger partial charge in [0.05, 0.1) is 50.3 Å². The predicted molar refractivity (Wildman–Crippen MR) is 168 cm³/mol. The van der Waals surface area contributed by atoms with E-state index >= 15 is 0 Å².